The van der Waals surface area contributed by atoms with E-state index in [0.717, 1.165) is 0 Å². The minimum atomic E-state index is 0.345. The second-order valence-electron chi connectivity index (χ2n) is 3.28. The van der Waals surface area contributed by atoms with Crippen molar-refractivity contribution in [1.82, 2.24) is 0 Å². The van der Waals surface area contributed by atoms with Crippen LogP contribution in [0.3, 0.4) is 0 Å². The Morgan fingerprint density at radius 2 is 2.45 bits per heavy atom. The predicted molar refractivity (Wildman–Crippen MR) is 51.1 cm³/mol. The molecule has 1 aliphatic rings. The fourth-order valence-electron chi connectivity index (χ4n) is 1.55. The summed E-state index contributed by atoms with van der Waals surface area (Å²) in [4.78, 5) is 0. The molecule has 0 aromatic heterocycles. The minimum absolute atomic E-state index is 0.345. The molecular weight excluding hydrogens is 156 g/mol. The number of allylic oxidation sites excluding steroid dienone is 2. The molecule has 0 fully saturated rings. The first-order valence-electron chi connectivity index (χ1n) is 4.67. The van der Waals surface area contributed by atoms with Crippen molar-refractivity contribution in [3.05, 3.63) is 11.6 Å². The van der Waals surface area contributed by atoms with Crippen molar-refractivity contribution in [1.29, 1.82) is 0 Å². The second-order valence-corrected chi connectivity index (χ2v) is 3.81. The van der Waals surface area contributed by atoms with Gasteiger partial charge in [-0.3, -0.25) is 0 Å². The Balaban J connectivity index is 2.23. The first-order chi connectivity index (χ1) is 5.34. The molecule has 11 heavy (non-hydrogen) atoms. The van der Waals surface area contributed by atoms with Crippen LogP contribution >= 0.6 is 11.6 Å². The highest BCUT2D eigenvalue weighted by Crippen LogP contribution is 2.27. The third-order valence-electron chi connectivity index (χ3n) is 2.29. The van der Waals surface area contributed by atoms with Gasteiger partial charge in [0, 0.05) is 0 Å². The SMILES string of the molecule is CCCCC(Cl)C1=CCCC1. The summed E-state index contributed by atoms with van der Waals surface area (Å²) in [7, 11) is 0. The molecule has 0 amide bonds. The summed E-state index contributed by atoms with van der Waals surface area (Å²) in [6.07, 6.45) is 9.85. The third-order valence-corrected chi connectivity index (χ3v) is 2.79. The van der Waals surface area contributed by atoms with Crippen molar-refractivity contribution in [2.75, 3.05) is 0 Å². The van der Waals surface area contributed by atoms with E-state index in [1.807, 2.05) is 0 Å². The molecule has 1 atom stereocenters. The van der Waals surface area contributed by atoms with Crippen molar-refractivity contribution in [2.45, 2.75) is 50.8 Å². The molecule has 1 heteroatoms. The third kappa shape index (κ3) is 2.86. The zero-order valence-corrected chi connectivity index (χ0v) is 8.03. The van der Waals surface area contributed by atoms with E-state index in [1.54, 1.807) is 0 Å². The molecule has 0 saturated heterocycles. The van der Waals surface area contributed by atoms with E-state index in [4.69, 9.17) is 11.6 Å². The zero-order chi connectivity index (χ0) is 8.10. The lowest BCUT2D eigenvalue weighted by atomic mass is 10.1. The van der Waals surface area contributed by atoms with Gasteiger partial charge in [-0.2, -0.15) is 0 Å². The van der Waals surface area contributed by atoms with Gasteiger partial charge >= 0.3 is 0 Å². The quantitative estimate of drug-likeness (QED) is 0.446. The molecule has 64 valence electrons. The van der Waals surface area contributed by atoms with Gasteiger partial charge in [0.05, 0.1) is 5.38 Å². The second kappa shape index (κ2) is 4.82. The molecule has 0 aliphatic heterocycles. The summed E-state index contributed by atoms with van der Waals surface area (Å²) in [5.41, 5.74) is 1.50. The highest BCUT2D eigenvalue weighted by Gasteiger charge is 2.13. The average molecular weight is 173 g/mol. The van der Waals surface area contributed by atoms with E-state index in [0.29, 0.717) is 5.38 Å². The Morgan fingerprint density at radius 1 is 1.64 bits per heavy atom. The van der Waals surface area contributed by atoms with Crippen LogP contribution in [0.1, 0.15) is 45.4 Å². The van der Waals surface area contributed by atoms with E-state index < -0.39 is 0 Å². The molecule has 0 aromatic carbocycles. The highest BCUT2D eigenvalue weighted by molar-refractivity contribution is 6.22. The van der Waals surface area contributed by atoms with Crippen LogP contribution in [-0.2, 0) is 0 Å². The Labute approximate surface area is 74.6 Å². The molecule has 0 radical (unpaired) electrons. The van der Waals surface area contributed by atoms with E-state index >= 15 is 0 Å². The summed E-state index contributed by atoms with van der Waals surface area (Å²) in [5, 5.41) is 0.345. The highest BCUT2D eigenvalue weighted by atomic mass is 35.5. The van der Waals surface area contributed by atoms with Crippen LogP contribution in [-0.4, -0.2) is 5.38 Å². The monoisotopic (exact) mass is 172 g/mol. The van der Waals surface area contributed by atoms with Crippen molar-refractivity contribution in [2.24, 2.45) is 0 Å². The Hall–Kier alpha value is 0.0300. The van der Waals surface area contributed by atoms with Gasteiger partial charge in [-0.05, 0) is 25.7 Å². The fraction of sp³-hybridized carbons (Fsp3) is 0.800. The lowest BCUT2D eigenvalue weighted by Gasteiger charge is -2.08. The lowest BCUT2D eigenvalue weighted by molar-refractivity contribution is 0.706. The fourth-order valence-corrected chi connectivity index (χ4v) is 1.90. The largest absolute Gasteiger partial charge is 0.118 e. The van der Waals surface area contributed by atoms with Crippen molar-refractivity contribution >= 4 is 11.6 Å². The Morgan fingerprint density at radius 3 is 3.00 bits per heavy atom. The summed E-state index contributed by atoms with van der Waals surface area (Å²) in [5.74, 6) is 0. The van der Waals surface area contributed by atoms with Gasteiger partial charge < -0.3 is 0 Å². The molecule has 0 nitrogen and oxygen atoms in total. The normalized spacial score (nSPS) is 20.0. The maximum absolute atomic E-state index is 6.20. The molecule has 0 saturated carbocycles. The number of rotatable bonds is 4. The van der Waals surface area contributed by atoms with Gasteiger partial charge in [0.1, 0.15) is 0 Å². The molecule has 0 N–H and O–H groups in total. The van der Waals surface area contributed by atoms with E-state index in [1.165, 1.54) is 44.1 Å². The van der Waals surface area contributed by atoms with E-state index in [-0.39, 0.29) is 0 Å². The summed E-state index contributed by atoms with van der Waals surface area (Å²) in [6.45, 7) is 2.21. The standard InChI is InChI=1S/C10H17Cl/c1-2-3-8-10(11)9-6-4-5-7-9/h6,10H,2-5,7-8H2,1H3. The molecule has 0 spiro atoms. The number of unbranched alkanes of at least 4 members (excludes halogenated alkanes) is 1. The summed E-state index contributed by atoms with van der Waals surface area (Å²) >= 11 is 6.20. The molecule has 1 unspecified atom stereocenters. The van der Waals surface area contributed by atoms with Crippen LogP contribution < -0.4 is 0 Å². The number of hydrogen-bond donors (Lipinski definition) is 0. The van der Waals surface area contributed by atoms with Crippen LogP contribution in [0.25, 0.3) is 0 Å². The predicted octanol–water partition coefficient (Wildman–Crippen LogP) is 3.89. The van der Waals surface area contributed by atoms with Crippen LogP contribution in [0.5, 0.6) is 0 Å². The van der Waals surface area contributed by atoms with Crippen LogP contribution in [0.2, 0.25) is 0 Å². The summed E-state index contributed by atoms with van der Waals surface area (Å²) < 4.78 is 0. The number of halogens is 1. The van der Waals surface area contributed by atoms with Gasteiger partial charge in [-0.1, -0.05) is 31.4 Å². The van der Waals surface area contributed by atoms with Gasteiger partial charge in [-0.15, -0.1) is 11.6 Å². The first-order valence-corrected chi connectivity index (χ1v) is 5.11. The molecule has 0 aromatic rings. The molecule has 1 aliphatic carbocycles. The van der Waals surface area contributed by atoms with Crippen LogP contribution in [0, 0.1) is 0 Å². The van der Waals surface area contributed by atoms with Crippen molar-refractivity contribution in [3.63, 3.8) is 0 Å². The smallest absolute Gasteiger partial charge is 0.0545 e. The molecular formula is C10H17Cl. The van der Waals surface area contributed by atoms with Gasteiger partial charge in [0.15, 0.2) is 0 Å². The van der Waals surface area contributed by atoms with E-state index in [9.17, 15) is 0 Å². The minimum Gasteiger partial charge on any atom is -0.118 e. The molecule has 0 heterocycles. The molecule has 0 bridgehead atoms. The topological polar surface area (TPSA) is 0 Å². The van der Waals surface area contributed by atoms with Gasteiger partial charge in [-0.25, -0.2) is 0 Å². The van der Waals surface area contributed by atoms with Crippen molar-refractivity contribution < 1.29 is 0 Å². The van der Waals surface area contributed by atoms with Gasteiger partial charge in [0.2, 0.25) is 0 Å². The van der Waals surface area contributed by atoms with Gasteiger partial charge in [0.25, 0.3) is 0 Å². The summed E-state index contributed by atoms with van der Waals surface area (Å²) in [6, 6.07) is 0. The Kier molecular flexibility index (Phi) is 3.99. The van der Waals surface area contributed by atoms with E-state index in [2.05, 4.69) is 13.0 Å². The zero-order valence-electron chi connectivity index (χ0n) is 7.28. The average Bonchev–Trinajstić information content (AvgIpc) is 2.52. The number of alkyl halides is 1. The van der Waals surface area contributed by atoms with Crippen LogP contribution in [0.15, 0.2) is 11.6 Å². The van der Waals surface area contributed by atoms with Crippen LogP contribution in [0.4, 0.5) is 0 Å². The molecule has 1 rings (SSSR count). The Bertz CT molecular complexity index is 138. The first kappa shape index (κ1) is 9.12. The lowest BCUT2D eigenvalue weighted by Crippen LogP contribution is -2.00. The maximum atomic E-state index is 6.20. The van der Waals surface area contributed by atoms with Crippen molar-refractivity contribution in [3.8, 4) is 0 Å². The maximum Gasteiger partial charge on any atom is 0.0545 e. The number of hydrogen-bond acceptors (Lipinski definition) is 0.